The summed E-state index contributed by atoms with van der Waals surface area (Å²) in [5.41, 5.74) is 0.153. The highest BCUT2D eigenvalue weighted by atomic mass is 35.5. The Morgan fingerprint density at radius 1 is 1.41 bits per heavy atom. The van der Waals surface area contributed by atoms with Crippen LogP contribution >= 0.6 is 12.4 Å². The lowest BCUT2D eigenvalue weighted by molar-refractivity contribution is 0.500. The first-order valence-electron chi connectivity index (χ1n) is 5.15. The zero-order valence-electron chi connectivity index (χ0n) is 9.93. The predicted molar refractivity (Wildman–Crippen MR) is 67.7 cm³/mol. The van der Waals surface area contributed by atoms with E-state index in [1.54, 1.807) is 0 Å². The number of rotatable bonds is 2. The lowest BCUT2D eigenvalue weighted by Gasteiger charge is -2.10. The molecule has 2 heterocycles. The predicted octanol–water partition coefficient (Wildman–Crippen LogP) is 0.501. The van der Waals surface area contributed by atoms with E-state index >= 15 is 0 Å². The van der Waals surface area contributed by atoms with Crippen LogP contribution in [0.3, 0.4) is 0 Å². The molecule has 0 atom stereocenters. The highest BCUT2D eigenvalue weighted by molar-refractivity contribution is 5.85. The molecule has 0 aromatic carbocycles. The van der Waals surface area contributed by atoms with Crippen molar-refractivity contribution in [1.29, 1.82) is 0 Å². The van der Waals surface area contributed by atoms with E-state index < -0.39 is 0 Å². The van der Waals surface area contributed by atoms with Crippen molar-refractivity contribution >= 4 is 23.6 Å². The summed E-state index contributed by atoms with van der Waals surface area (Å²) in [5, 5.41) is 0. The SMILES string of the molecule is CC(C)Cn1c(=O)n(C)c(=O)c2[nH]cnc21.Cl. The van der Waals surface area contributed by atoms with Crippen molar-refractivity contribution < 1.29 is 0 Å². The van der Waals surface area contributed by atoms with Gasteiger partial charge in [-0.2, -0.15) is 0 Å². The summed E-state index contributed by atoms with van der Waals surface area (Å²) in [4.78, 5) is 30.4. The van der Waals surface area contributed by atoms with Crippen LogP contribution in [0, 0.1) is 5.92 Å². The molecule has 0 aliphatic carbocycles. The highest BCUT2D eigenvalue weighted by Gasteiger charge is 2.13. The van der Waals surface area contributed by atoms with Gasteiger partial charge in [-0.15, -0.1) is 12.4 Å². The fourth-order valence-corrected chi connectivity index (χ4v) is 1.71. The third kappa shape index (κ3) is 2.12. The van der Waals surface area contributed by atoms with Crippen LogP contribution < -0.4 is 11.2 Å². The summed E-state index contributed by atoms with van der Waals surface area (Å²) in [7, 11) is 1.47. The molecule has 0 bridgehead atoms. The van der Waals surface area contributed by atoms with Crippen LogP contribution in [0.2, 0.25) is 0 Å². The molecule has 0 unspecified atom stereocenters. The summed E-state index contributed by atoms with van der Waals surface area (Å²) < 4.78 is 2.63. The number of fused-ring (bicyclic) bond motifs is 1. The van der Waals surface area contributed by atoms with E-state index in [2.05, 4.69) is 9.97 Å². The third-order valence-electron chi connectivity index (χ3n) is 2.46. The quantitative estimate of drug-likeness (QED) is 0.853. The van der Waals surface area contributed by atoms with E-state index in [1.165, 1.54) is 17.9 Å². The molecule has 7 heteroatoms. The van der Waals surface area contributed by atoms with E-state index in [0.29, 0.717) is 23.6 Å². The van der Waals surface area contributed by atoms with Gasteiger partial charge in [0.1, 0.15) is 5.52 Å². The zero-order chi connectivity index (χ0) is 11.9. The molecular weight excluding hydrogens is 244 g/mol. The van der Waals surface area contributed by atoms with E-state index in [0.717, 1.165) is 4.57 Å². The molecule has 2 aromatic rings. The number of hydrogen-bond donors (Lipinski definition) is 1. The molecule has 94 valence electrons. The van der Waals surface area contributed by atoms with Gasteiger partial charge in [-0.25, -0.2) is 9.78 Å². The topological polar surface area (TPSA) is 72.7 Å². The summed E-state index contributed by atoms with van der Waals surface area (Å²) in [6.45, 7) is 4.57. The number of H-pyrrole nitrogens is 1. The second-order valence-corrected chi connectivity index (χ2v) is 4.25. The lowest BCUT2D eigenvalue weighted by atomic mass is 10.2. The lowest BCUT2D eigenvalue weighted by Crippen LogP contribution is -2.38. The maximum atomic E-state index is 11.9. The molecule has 0 amide bonds. The van der Waals surface area contributed by atoms with E-state index in [1.807, 2.05) is 13.8 Å². The molecule has 17 heavy (non-hydrogen) atoms. The molecule has 2 aromatic heterocycles. The number of aromatic amines is 1. The van der Waals surface area contributed by atoms with Crippen LogP contribution in [0.1, 0.15) is 13.8 Å². The second-order valence-electron chi connectivity index (χ2n) is 4.25. The van der Waals surface area contributed by atoms with Gasteiger partial charge in [-0.3, -0.25) is 13.9 Å². The van der Waals surface area contributed by atoms with Crippen molar-refractivity contribution in [1.82, 2.24) is 19.1 Å². The fourth-order valence-electron chi connectivity index (χ4n) is 1.71. The van der Waals surface area contributed by atoms with Crippen molar-refractivity contribution in [2.45, 2.75) is 20.4 Å². The first kappa shape index (κ1) is 13.5. The van der Waals surface area contributed by atoms with Crippen LogP contribution in [0.5, 0.6) is 0 Å². The number of nitrogens with zero attached hydrogens (tertiary/aromatic N) is 3. The van der Waals surface area contributed by atoms with Gasteiger partial charge in [0, 0.05) is 13.6 Å². The maximum Gasteiger partial charge on any atom is 0.332 e. The number of halogens is 1. The monoisotopic (exact) mass is 258 g/mol. The van der Waals surface area contributed by atoms with Gasteiger partial charge in [-0.05, 0) is 5.92 Å². The number of imidazole rings is 1. The van der Waals surface area contributed by atoms with Gasteiger partial charge in [0.25, 0.3) is 5.56 Å². The summed E-state index contributed by atoms with van der Waals surface area (Å²) >= 11 is 0. The van der Waals surface area contributed by atoms with Gasteiger partial charge in [-0.1, -0.05) is 13.8 Å². The van der Waals surface area contributed by atoms with Crippen molar-refractivity contribution in [3.8, 4) is 0 Å². The minimum Gasteiger partial charge on any atom is -0.339 e. The molecule has 0 aliphatic rings. The maximum absolute atomic E-state index is 11.9. The molecule has 0 radical (unpaired) electrons. The summed E-state index contributed by atoms with van der Waals surface area (Å²) in [6, 6.07) is 0. The van der Waals surface area contributed by atoms with E-state index in [-0.39, 0.29) is 23.7 Å². The van der Waals surface area contributed by atoms with Gasteiger partial charge in [0.05, 0.1) is 6.33 Å². The summed E-state index contributed by atoms with van der Waals surface area (Å²) in [5.74, 6) is 0.315. The molecule has 0 aliphatic heterocycles. The van der Waals surface area contributed by atoms with Crippen molar-refractivity contribution in [2.24, 2.45) is 13.0 Å². The smallest absolute Gasteiger partial charge is 0.332 e. The first-order chi connectivity index (χ1) is 7.52. The molecule has 0 saturated heterocycles. The Hall–Kier alpha value is -1.56. The Balaban J connectivity index is 0.00000144. The molecular formula is C10H15ClN4O2. The number of aromatic nitrogens is 4. The van der Waals surface area contributed by atoms with Crippen molar-refractivity contribution in [3.63, 3.8) is 0 Å². The Morgan fingerprint density at radius 2 is 2.06 bits per heavy atom. The normalized spacial score (nSPS) is 10.8. The van der Waals surface area contributed by atoms with E-state index in [9.17, 15) is 9.59 Å². The summed E-state index contributed by atoms with van der Waals surface area (Å²) in [6.07, 6.45) is 1.43. The fraction of sp³-hybridized carbons (Fsp3) is 0.500. The molecule has 0 saturated carbocycles. The van der Waals surface area contributed by atoms with Gasteiger partial charge in [0.2, 0.25) is 0 Å². The number of nitrogens with one attached hydrogen (secondary N) is 1. The standard InChI is InChI=1S/C10H14N4O2.ClH/c1-6(2)4-14-8-7(11-5-12-8)9(15)13(3)10(14)16;/h5-6H,4H2,1-3H3,(H,11,12);1H. The van der Waals surface area contributed by atoms with E-state index in [4.69, 9.17) is 0 Å². The molecule has 1 N–H and O–H groups in total. The minimum absolute atomic E-state index is 0. The van der Waals surface area contributed by atoms with Gasteiger partial charge < -0.3 is 4.98 Å². The average Bonchev–Trinajstić information content (AvgIpc) is 2.69. The first-order valence-corrected chi connectivity index (χ1v) is 5.15. The second kappa shape index (κ2) is 4.75. The largest absolute Gasteiger partial charge is 0.339 e. The Labute approximate surface area is 104 Å². The Morgan fingerprint density at radius 3 is 2.65 bits per heavy atom. The van der Waals surface area contributed by atoms with Gasteiger partial charge >= 0.3 is 5.69 Å². The Bertz CT molecular complexity index is 638. The number of hydrogen-bond acceptors (Lipinski definition) is 3. The van der Waals surface area contributed by atoms with Crippen LogP contribution in [0.15, 0.2) is 15.9 Å². The molecule has 0 fully saturated rings. The zero-order valence-corrected chi connectivity index (χ0v) is 10.7. The van der Waals surface area contributed by atoms with Crippen LogP contribution in [0.25, 0.3) is 11.2 Å². The van der Waals surface area contributed by atoms with Crippen LogP contribution in [0.4, 0.5) is 0 Å². The van der Waals surface area contributed by atoms with Crippen molar-refractivity contribution in [3.05, 3.63) is 27.2 Å². The highest BCUT2D eigenvalue weighted by Crippen LogP contribution is 2.04. The van der Waals surface area contributed by atoms with Crippen LogP contribution in [-0.2, 0) is 13.6 Å². The minimum atomic E-state index is -0.336. The van der Waals surface area contributed by atoms with Crippen molar-refractivity contribution in [2.75, 3.05) is 0 Å². The molecule has 2 rings (SSSR count). The third-order valence-corrected chi connectivity index (χ3v) is 2.46. The van der Waals surface area contributed by atoms with Gasteiger partial charge in [0.15, 0.2) is 5.65 Å². The molecule has 0 spiro atoms. The van der Waals surface area contributed by atoms with Crippen LogP contribution in [-0.4, -0.2) is 19.1 Å². The average molecular weight is 259 g/mol. The molecule has 6 nitrogen and oxygen atoms in total. The Kier molecular flexibility index (Phi) is 3.77.